The molecule has 1 fully saturated rings. The highest BCUT2D eigenvalue weighted by molar-refractivity contribution is 5.85. The monoisotopic (exact) mass is 469 g/mol. The van der Waals surface area contributed by atoms with Crippen molar-refractivity contribution in [1.29, 1.82) is 5.26 Å². The number of aliphatic hydroxyl groups is 1. The molecule has 0 amide bonds. The number of aliphatic hydroxyl groups excluding tert-OH is 1. The van der Waals surface area contributed by atoms with Crippen LogP contribution < -0.4 is 9.64 Å². The maximum Gasteiger partial charge on any atom is 0.138 e. The van der Waals surface area contributed by atoms with Crippen LogP contribution in [-0.4, -0.2) is 69.0 Å². The number of rotatable bonds is 8. The summed E-state index contributed by atoms with van der Waals surface area (Å²) < 4.78 is 7.45. The standard InChI is InChI=1S/C26H27N7O2/c27-15-21-17-30-33-19-23(35-13-3-12-34)14-24(26(21)33)20-5-6-25(29-16-20)32-10-8-31(9-11-32)18-22-4-1-2-7-28-22/h1-2,4-7,14,16-17,19,34H,3,8-13,18H2. The molecule has 4 aromatic rings. The lowest BCUT2D eigenvalue weighted by molar-refractivity contribution is 0.233. The van der Waals surface area contributed by atoms with Crippen LogP contribution in [0.15, 0.2) is 61.2 Å². The maximum absolute atomic E-state index is 9.57. The summed E-state index contributed by atoms with van der Waals surface area (Å²) in [6.45, 7) is 5.04. The highest BCUT2D eigenvalue weighted by atomic mass is 16.5. The van der Waals surface area contributed by atoms with Crippen molar-refractivity contribution in [3.63, 3.8) is 0 Å². The van der Waals surface area contributed by atoms with Gasteiger partial charge < -0.3 is 14.7 Å². The minimum absolute atomic E-state index is 0.0677. The van der Waals surface area contributed by atoms with E-state index in [1.54, 1.807) is 16.9 Å². The quantitative estimate of drug-likeness (QED) is 0.393. The van der Waals surface area contributed by atoms with E-state index in [-0.39, 0.29) is 6.61 Å². The van der Waals surface area contributed by atoms with E-state index in [0.717, 1.165) is 60.9 Å². The summed E-state index contributed by atoms with van der Waals surface area (Å²) in [7, 11) is 0. The molecule has 0 saturated carbocycles. The second kappa shape index (κ2) is 10.5. The number of piperazine rings is 1. The molecule has 0 aliphatic carbocycles. The van der Waals surface area contributed by atoms with E-state index in [0.29, 0.717) is 24.3 Å². The first kappa shape index (κ1) is 22.8. The maximum atomic E-state index is 9.57. The first-order valence-corrected chi connectivity index (χ1v) is 11.7. The van der Waals surface area contributed by atoms with Crippen LogP contribution in [0.5, 0.6) is 5.75 Å². The van der Waals surface area contributed by atoms with Crippen molar-refractivity contribution in [3.05, 3.63) is 72.4 Å². The number of anilines is 1. The molecule has 0 radical (unpaired) electrons. The van der Waals surface area contributed by atoms with Gasteiger partial charge in [-0.25, -0.2) is 9.50 Å². The molecule has 0 aromatic carbocycles. The number of aromatic nitrogens is 4. The molecule has 5 heterocycles. The Labute approximate surface area is 203 Å². The third-order valence-electron chi connectivity index (χ3n) is 6.15. The Morgan fingerprint density at radius 1 is 1.06 bits per heavy atom. The zero-order chi connectivity index (χ0) is 24.0. The number of pyridine rings is 3. The van der Waals surface area contributed by atoms with E-state index in [4.69, 9.17) is 14.8 Å². The average molecular weight is 470 g/mol. The van der Waals surface area contributed by atoms with Crippen molar-refractivity contribution in [2.24, 2.45) is 0 Å². The Bertz CT molecular complexity index is 1310. The number of hydrogen-bond acceptors (Lipinski definition) is 8. The molecule has 4 aromatic heterocycles. The van der Waals surface area contributed by atoms with Gasteiger partial charge in [-0.15, -0.1) is 0 Å². The highest BCUT2D eigenvalue weighted by Crippen LogP contribution is 2.31. The van der Waals surface area contributed by atoms with Gasteiger partial charge in [0.1, 0.15) is 17.6 Å². The molecule has 1 N–H and O–H groups in total. The molecule has 0 spiro atoms. The van der Waals surface area contributed by atoms with E-state index in [1.165, 1.54) is 0 Å². The topological polar surface area (TPSA) is 103 Å². The Kier molecular flexibility index (Phi) is 6.84. The largest absolute Gasteiger partial charge is 0.492 e. The van der Waals surface area contributed by atoms with Gasteiger partial charge in [-0.1, -0.05) is 6.07 Å². The molecule has 9 heteroatoms. The van der Waals surface area contributed by atoms with Gasteiger partial charge >= 0.3 is 0 Å². The minimum atomic E-state index is 0.0677. The van der Waals surface area contributed by atoms with E-state index < -0.39 is 0 Å². The summed E-state index contributed by atoms with van der Waals surface area (Å²) in [5.74, 6) is 1.56. The van der Waals surface area contributed by atoms with E-state index >= 15 is 0 Å². The zero-order valence-corrected chi connectivity index (χ0v) is 19.4. The molecule has 5 rings (SSSR count). The molecular weight excluding hydrogens is 442 g/mol. The molecule has 9 nitrogen and oxygen atoms in total. The van der Waals surface area contributed by atoms with Crippen molar-refractivity contribution in [2.75, 3.05) is 44.3 Å². The second-order valence-electron chi connectivity index (χ2n) is 8.47. The fourth-order valence-electron chi connectivity index (χ4n) is 4.32. The molecule has 0 atom stereocenters. The van der Waals surface area contributed by atoms with Gasteiger partial charge in [0.25, 0.3) is 0 Å². The van der Waals surface area contributed by atoms with Gasteiger partial charge in [-0.2, -0.15) is 10.4 Å². The zero-order valence-electron chi connectivity index (χ0n) is 19.4. The average Bonchev–Trinajstić information content (AvgIpc) is 3.33. The van der Waals surface area contributed by atoms with Gasteiger partial charge in [0, 0.05) is 69.3 Å². The molecule has 0 bridgehead atoms. The number of ether oxygens (including phenoxy) is 1. The van der Waals surface area contributed by atoms with E-state index in [1.807, 2.05) is 42.7 Å². The van der Waals surface area contributed by atoms with Crippen LogP contribution >= 0.6 is 0 Å². The van der Waals surface area contributed by atoms with Crippen LogP contribution in [0.3, 0.4) is 0 Å². The molecule has 178 valence electrons. The summed E-state index contributed by atoms with van der Waals surface area (Å²) in [4.78, 5) is 13.9. The fourth-order valence-corrected chi connectivity index (χ4v) is 4.32. The van der Waals surface area contributed by atoms with Crippen LogP contribution in [0.1, 0.15) is 17.7 Å². The summed E-state index contributed by atoms with van der Waals surface area (Å²) >= 11 is 0. The van der Waals surface area contributed by atoms with Crippen LogP contribution in [0.4, 0.5) is 5.82 Å². The van der Waals surface area contributed by atoms with E-state index in [9.17, 15) is 5.26 Å². The lowest BCUT2D eigenvalue weighted by atomic mass is 10.1. The minimum Gasteiger partial charge on any atom is -0.492 e. The molecule has 0 unspecified atom stereocenters. The molecule has 1 aliphatic heterocycles. The van der Waals surface area contributed by atoms with Gasteiger partial charge in [-0.3, -0.25) is 9.88 Å². The Morgan fingerprint density at radius 3 is 2.66 bits per heavy atom. The molecule has 1 aliphatic rings. The third-order valence-corrected chi connectivity index (χ3v) is 6.15. The second-order valence-corrected chi connectivity index (χ2v) is 8.47. The van der Waals surface area contributed by atoms with Gasteiger partial charge in [0.15, 0.2) is 0 Å². The van der Waals surface area contributed by atoms with Crippen LogP contribution in [0, 0.1) is 11.3 Å². The predicted molar refractivity (Wildman–Crippen MR) is 132 cm³/mol. The number of hydrogen-bond donors (Lipinski definition) is 1. The van der Waals surface area contributed by atoms with Crippen molar-refractivity contribution in [3.8, 4) is 22.9 Å². The molecule has 35 heavy (non-hydrogen) atoms. The predicted octanol–water partition coefficient (Wildman–Crippen LogP) is 2.75. The van der Waals surface area contributed by atoms with Gasteiger partial charge in [0.2, 0.25) is 0 Å². The molecular formula is C26H27N7O2. The number of nitriles is 1. The Morgan fingerprint density at radius 2 is 1.94 bits per heavy atom. The van der Waals surface area contributed by atoms with Crippen molar-refractivity contribution in [1.82, 2.24) is 24.5 Å². The van der Waals surface area contributed by atoms with Crippen LogP contribution in [0.2, 0.25) is 0 Å². The summed E-state index contributed by atoms with van der Waals surface area (Å²) in [6, 6.07) is 14.2. The van der Waals surface area contributed by atoms with Crippen LogP contribution in [-0.2, 0) is 6.54 Å². The fraction of sp³-hybridized carbons (Fsp3) is 0.308. The number of fused-ring (bicyclic) bond motifs is 1. The molecule has 1 saturated heterocycles. The van der Waals surface area contributed by atoms with Gasteiger partial charge in [-0.05, 0) is 30.3 Å². The third kappa shape index (κ3) is 5.09. The lowest BCUT2D eigenvalue weighted by Gasteiger charge is -2.35. The Hall–Kier alpha value is -4.00. The normalized spacial score (nSPS) is 14.2. The highest BCUT2D eigenvalue weighted by Gasteiger charge is 2.19. The van der Waals surface area contributed by atoms with E-state index in [2.05, 4.69) is 32.0 Å². The van der Waals surface area contributed by atoms with Crippen molar-refractivity contribution >= 4 is 11.3 Å². The van der Waals surface area contributed by atoms with Gasteiger partial charge in [0.05, 0.1) is 35.8 Å². The summed E-state index contributed by atoms with van der Waals surface area (Å²) in [6.07, 6.45) is 7.54. The van der Waals surface area contributed by atoms with Crippen molar-refractivity contribution in [2.45, 2.75) is 13.0 Å². The summed E-state index contributed by atoms with van der Waals surface area (Å²) in [5, 5.41) is 22.9. The lowest BCUT2D eigenvalue weighted by Crippen LogP contribution is -2.46. The van der Waals surface area contributed by atoms with Crippen molar-refractivity contribution < 1.29 is 9.84 Å². The SMILES string of the molecule is N#Cc1cnn2cc(OCCCO)cc(-c3ccc(N4CCN(Cc5ccccn5)CC4)nc3)c12. The van der Waals surface area contributed by atoms with Crippen LogP contribution in [0.25, 0.3) is 16.6 Å². The first-order chi connectivity index (χ1) is 17.2. The first-order valence-electron chi connectivity index (χ1n) is 11.7. The summed E-state index contributed by atoms with van der Waals surface area (Å²) in [5.41, 5.74) is 4.03. The smallest absolute Gasteiger partial charge is 0.138 e. The number of nitrogens with zero attached hydrogens (tertiary/aromatic N) is 7. The Balaban J connectivity index is 1.32.